The van der Waals surface area contributed by atoms with E-state index in [2.05, 4.69) is 53.4 Å². The van der Waals surface area contributed by atoms with Crippen LogP contribution in [0.25, 0.3) is 21.8 Å². The van der Waals surface area contributed by atoms with E-state index in [1.807, 2.05) is 24.3 Å². The predicted molar refractivity (Wildman–Crippen MR) is 218 cm³/mol. The van der Waals surface area contributed by atoms with E-state index >= 15 is 0 Å². The summed E-state index contributed by atoms with van der Waals surface area (Å²) in [5, 5.41) is 28.8. The molecule has 7 amide bonds. The molecule has 0 aliphatic carbocycles. The molecule has 9 N–H and O–H groups in total. The molecule has 0 spiro atoms. The maximum Gasteiger partial charge on any atom is 0.271 e. The van der Waals surface area contributed by atoms with Crippen LogP contribution in [0, 0.1) is 0 Å². The van der Waals surface area contributed by atoms with Gasteiger partial charge in [0.2, 0.25) is 29.5 Å². The fourth-order valence-electron chi connectivity index (χ4n) is 6.49. The van der Waals surface area contributed by atoms with E-state index in [1.165, 1.54) is 19.4 Å². The van der Waals surface area contributed by atoms with E-state index in [0.717, 1.165) is 27.1 Å². The van der Waals surface area contributed by atoms with Crippen LogP contribution in [0.15, 0.2) is 72.5 Å². The molecule has 1 aliphatic rings. The van der Waals surface area contributed by atoms with E-state index in [-0.39, 0.29) is 29.2 Å². The molecule has 3 aromatic heterocycles. The Bertz CT molecular complexity index is 2460. The number of hydrogen-bond acceptors (Lipinski definition) is 10. The number of rotatable bonds is 5. The number of benzene rings is 2. The van der Waals surface area contributed by atoms with Gasteiger partial charge in [-0.1, -0.05) is 42.4 Å². The maximum atomic E-state index is 14.4. The molecule has 0 radical (unpaired) electrons. The quantitative estimate of drug-likeness (QED) is 0.113. The second-order valence-corrected chi connectivity index (χ2v) is 15.1. The van der Waals surface area contributed by atoms with Gasteiger partial charge in [0.05, 0.1) is 30.4 Å². The number of aromatic amines is 2. The molecule has 18 nitrogen and oxygen atoms in total. The van der Waals surface area contributed by atoms with Crippen molar-refractivity contribution in [2.75, 3.05) is 26.7 Å². The van der Waals surface area contributed by atoms with Crippen molar-refractivity contribution in [3.8, 4) is 0 Å². The van der Waals surface area contributed by atoms with Gasteiger partial charge in [-0.05, 0) is 36.2 Å². The Labute approximate surface area is 345 Å². The number of likely N-dealkylation sites (N-methyl/N-ethyl adjacent to an activating group) is 1. The lowest BCUT2D eigenvalue weighted by atomic mass is 10.0. The first kappa shape index (κ1) is 42.0. The summed E-state index contributed by atoms with van der Waals surface area (Å²) >= 11 is 7.52. The number of aliphatic hydroxyl groups is 1. The van der Waals surface area contributed by atoms with Crippen LogP contribution in [-0.2, 0) is 41.6 Å². The maximum absolute atomic E-state index is 14.4. The van der Waals surface area contributed by atoms with Gasteiger partial charge < -0.3 is 51.9 Å². The zero-order valence-corrected chi connectivity index (χ0v) is 33.4. The number of hydrogen-bond donors (Lipinski definition) is 9. The Hall–Kier alpha value is -6.57. The predicted octanol–water partition coefficient (Wildman–Crippen LogP) is 0.700. The number of aromatic nitrogens is 3. The van der Waals surface area contributed by atoms with Crippen molar-refractivity contribution in [2.45, 2.75) is 43.9 Å². The highest BCUT2D eigenvalue weighted by atomic mass is 35.5. The summed E-state index contributed by atoms with van der Waals surface area (Å²) in [5.41, 5.74) is 2.23. The molecule has 20 heteroatoms. The van der Waals surface area contributed by atoms with E-state index in [9.17, 15) is 38.7 Å². The van der Waals surface area contributed by atoms with Crippen molar-refractivity contribution >= 4 is 86.1 Å². The monoisotopic (exact) mass is 844 g/mol. The first-order valence-corrected chi connectivity index (χ1v) is 19.6. The number of carbonyl (C=O) groups excluding carboxylic acids is 7. The summed E-state index contributed by atoms with van der Waals surface area (Å²) in [7, 11) is 1.29. The average molecular weight is 845 g/mol. The van der Waals surface area contributed by atoms with Crippen LogP contribution in [0.1, 0.15) is 39.6 Å². The Morgan fingerprint density at radius 2 is 1.53 bits per heavy atom. The summed E-state index contributed by atoms with van der Waals surface area (Å²) in [6, 6.07) is 7.74. The van der Waals surface area contributed by atoms with Crippen LogP contribution in [0.2, 0.25) is 5.02 Å². The molecule has 2 bridgehead atoms. The molecule has 4 atom stereocenters. The van der Waals surface area contributed by atoms with Crippen LogP contribution < -0.4 is 31.9 Å². The minimum atomic E-state index is -1.31. The number of fused-ring (bicyclic) bond motifs is 4. The van der Waals surface area contributed by atoms with Crippen molar-refractivity contribution in [3.63, 3.8) is 0 Å². The lowest BCUT2D eigenvalue weighted by Crippen LogP contribution is -2.56. The van der Waals surface area contributed by atoms with Gasteiger partial charge >= 0.3 is 0 Å². The summed E-state index contributed by atoms with van der Waals surface area (Å²) < 4.78 is 0. The molecule has 308 valence electrons. The third kappa shape index (κ3) is 9.94. The number of aliphatic hydroxyl groups excluding tert-OH is 1. The molecule has 4 heterocycles. The van der Waals surface area contributed by atoms with E-state index in [1.54, 1.807) is 30.6 Å². The summed E-state index contributed by atoms with van der Waals surface area (Å²) in [6.45, 7) is 3.20. The Morgan fingerprint density at radius 3 is 2.31 bits per heavy atom. The molecule has 5 aromatic rings. The third-order valence-corrected chi connectivity index (χ3v) is 10.8. The third-order valence-electron chi connectivity index (χ3n) is 9.54. The SMILES string of the molecule is C=C1NC(=O)[C@@H](C)NC(=O)CNC(=O)[C@H](Cc2c[nH]c3cccc(Cl)c23)NC(=O)[C@H](Cc2c[nH]c3ccccc23)NC(=O)c2csc(n2)[C@@H](CO)NC(=O)CN(C)C1=O. The Balaban J connectivity index is 1.34. The number of nitrogens with zero attached hydrogens (tertiary/aromatic N) is 2. The standard InChI is InChI=1S/C39H41ClN10O8S/c1-19-34(54)45-20(2)39(58)50(3)16-32(53)46-29(17-51)38-49-30(18-59-38)37(57)48-28(11-21-13-41-25-9-5-4-7-23(21)25)36(56)47-27(35(55)43-15-31(52)44-19)12-22-14-42-26-10-6-8-24(40)33(22)26/h4-10,13-14,18-19,27-29,41-42,51H,2,11-12,15-17H2,1,3H3,(H,43,55)(H,44,52)(H,45,54)(H,46,53)(H,47,56)(H,48,57)/t19-,27+,28+,29-/m1/s1. The van der Waals surface area contributed by atoms with Crippen LogP contribution in [0.4, 0.5) is 0 Å². The molecular formula is C39H41ClN10O8S. The molecular weight excluding hydrogens is 804 g/mol. The zero-order valence-electron chi connectivity index (χ0n) is 31.8. The Kier molecular flexibility index (Phi) is 13.1. The largest absolute Gasteiger partial charge is 0.394 e. The average Bonchev–Trinajstić information content (AvgIpc) is 3.97. The molecule has 6 rings (SSSR count). The fourth-order valence-corrected chi connectivity index (χ4v) is 7.62. The molecule has 0 fully saturated rings. The van der Waals surface area contributed by atoms with Gasteiger partial charge in [0.25, 0.3) is 11.8 Å². The fraction of sp³-hybridized carbons (Fsp3) is 0.282. The smallest absolute Gasteiger partial charge is 0.271 e. The van der Waals surface area contributed by atoms with Crippen LogP contribution in [0.5, 0.6) is 0 Å². The van der Waals surface area contributed by atoms with Gasteiger partial charge in [-0.3, -0.25) is 33.6 Å². The number of H-pyrrole nitrogens is 2. The number of thiazole rings is 1. The first-order chi connectivity index (χ1) is 28.2. The van der Waals surface area contributed by atoms with Crippen LogP contribution >= 0.6 is 22.9 Å². The lowest BCUT2D eigenvalue weighted by Gasteiger charge is -2.23. The summed E-state index contributed by atoms with van der Waals surface area (Å²) in [5.74, 6) is -5.35. The van der Waals surface area contributed by atoms with Gasteiger partial charge in [0.15, 0.2) is 0 Å². The van der Waals surface area contributed by atoms with E-state index in [0.29, 0.717) is 27.1 Å². The van der Waals surface area contributed by atoms with E-state index < -0.39 is 85.2 Å². The molecule has 1 aliphatic heterocycles. The normalized spacial score (nSPS) is 21.0. The van der Waals surface area contributed by atoms with Crippen molar-refractivity contribution in [3.05, 3.63) is 99.4 Å². The first-order valence-electron chi connectivity index (χ1n) is 18.3. The molecule has 0 unspecified atom stereocenters. The lowest BCUT2D eigenvalue weighted by molar-refractivity contribution is -0.134. The highest BCUT2D eigenvalue weighted by molar-refractivity contribution is 7.10. The minimum Gasteiger partial charge on any atom is -0.394 e. The van der Waals surface area contributed by atoms with Crippen molar-refractivity contribution in [1.29, 1.82) is 0 Å². The second kappa shape index (κ2) is 18.3. The van der Waals surface area contributed by atoms with E-state index in [4.69, 9.17) is 11.6 Å². The zero-order chi connectivity index (χ0) is 42.4. The molecule has 2 aromatic carbocycles. The number of amides is 7. The highest BCUT2D eigenvalue weighted by Gasteiger charge is 2.31. The van der Waals surface area contributed by atoms with Crippen LogP contribution in [-0.4, -0.2) is 111 Å². The Morgan fingerprint density at radius 1 is 0.831 bits per heavy atom. The number of carbonyl (C=O) groups is 7. The highest BCUT2D eigenvalue weighted by Crippen LogP contribution is 2.28. The van der Waals surface area contributed by atoms with Gasteiger partial charge in [0.1, 0.15) is 34.9 Å². The van der Waals surface area contributed by atoms with Gasteiger partial charge in [0, 0.05) is 59.5 Å². The summed E-state index contributed by atoms with van der Waals surface area (Å²) in [6.07, 6.45) is 3.24. The van der Waals surface area contributed by atoms with Crippen molar-refractivity contribution in [2.24, 2.45) is 0 Å². The molecule has 59 heavy (non-hydrogen) atoms. The molecule has 0 saturated heterocycles. The van der Waals surface area contributed by atoms with Crippen LogP contribution in [0.3, 0.4) is 0 Å². The van der Waals surface area contributed by atoms with Crippen molar-refractivity contribution in [1.82, 2.24) is 51.8 Å². The van der Waals surface area contributed by atoms with Gasteiger partial charge in [-0.25, -0.2) is 4.98 Å². The van der Waals surface area contributed by atoms with Crippen molar-refractivity contribution < 1.29 is 38.7 Å². The number of halogens is 1. The topological polar surface area (TPSA) is 260 Å². The summed E-state index contributed by atoms with van der Waals surface area (Å²) in [4.78, 5) is 105. The minimum absolute atomic E-state index is 0.0256. The molecule has 0 saturated carbocycles. The second-order valence-electron chi connectivity index (χ2n) is 13.8. The number of nitrogens with one attached hydrogen (secondary N) is 8. The number of para-hydroxylation sites is 1. The van der Waals surface area contributed by atoms with Gasteiger partial charge in [-0.15, -0.1) is 11.3 Å². The van der Waals surface area contributed by atoms with Gasteiger partial charge in [-0.2, -0.15) is 0 Å².